The van der Waals surface area contributed by atoms with Crippen molar-refractivity contribution in [2.75, 3.05) is 5.73 Å². The first-order valence-corrected chi connectivity index (χ1v) is 5.01. The highest BCUT2D eigenvalue weighted by Gasteiger charge is 2.28. The molecule has 2 heterocycles. The molecule has 1 fully saturated rings. The van der Waals surface area contributed by atoms with Crippen molar-refractivity contribution < 1.29 is 4.42 Å². The molecular formula is C10H12N4O. The summed E-state index contributed by atoms with van der Waals surface area (Å²) in [4.78, 5) is 4.23. The predicted octanol–water partition coefficient (Wildman–Crippen LogP) is 1.76. The van der Waals surface area contributed by atoms with Crippen LogP contribution in [0, 0.1) is 6.92 Å². The van der Waals surface area contributed by atoms with Gasteiger partial charge in [-0.3, -0.25) is 0 Å². The van der Waals surface area contributed by atoms with Crippen LogP contribution in [0.4, 0.5) is 5.82 Å². The van der Waals surface area contributed by atoms with Gasteiger partial charge in [-0.05, 0) is 19.8 Å². The summed E-state index contributed by atoms with van der Waals surface area (Å²) in [5, 5.41) is 4.26. The molecule has 0 saturated heterocycles. The lowest BCUT2D eigenvalue weighted by molar-refractivity contribution is 0.573. The van der Waals surface area contributed by atoms with Crippen LogP contribution in [0.5, 0.6) is 0 Å². The average Bonchev–Trinajstić information content (AvgIpc) is 2.86. The summed E-state index contributed by atoms with van der Waals surface area (Å²) in [5.41, 5.74) is 7.62. The number of aromatic nitrogens is 3. The molecule has 3 rings (SSSR count). The van der Waals surface area contributed by atoms with E-state index in [2.05, 4.69) is 10.1 Å². The first-order chi connectivity index (χ1) is 7.25. The van der Waals surface area contributed by atoms with Gasteiger partial charge in [0.1, 0.15) is 12.1 Å². The lowest BCUT2D eigenvalue weighted by Crippen LogP contribution is -2.02. The van der Waals surface area contributed by atoms with Crippen LogP contribution in [0.2, 0.25) is 0 Å². The number of nitrogen functional groups attached to an aromatic ring is 1. The number of nitrogens with zero attached hydrogens (tertiary/aromatic N) is 3. The summed E-state index contributed by atoms with van der Waals surface area (Å²) < 4.78 is 7.16. The van der Waals surface area contributed by atoms with Crippen molar-refractivity contribution in [2.45, 2.75) is 25.8 Å². The Balaban J connectivity index is 2.04. The van der Waals surface area contributed by atoms with E-state index in [1.165, 1.54) is 0 Å². The molecule has 15 heavy (non-hydrogen) atoms. The van der Waals surface area contributed by atoms with Crippen LogP contribution in [0.25, 0.3) is 11.5 Å². The minimum absolute atomic E-state index is 0.481. The lowest BCUT2D eigenvalue weighted by atomic mass is 10.3. The topological polar surface area (TPSA) is 69.9 Å². The molecule has 0 unspecified atom stereocenters. The lowest BCUT2D eigenvalue weighted by Gasteiger charge is -2.00. The standard InChI is InChI=1S/C10H12N4O/c1-6-5-15-10(13-6)8-4-12-14(9(8)11)7-2-3-7/h4-5,7H,2-3,11H2,1H3. The Bertz CT molecular complexity index is 495. The molecule has 0 aromatic carbocycles. The number of aryl methyl sites for hydroxylation is 1. The van der Waals surface area contributed by atoms with E-state index in [0.717, 1.165) is 24.1 Å². The molecule has 1 aliphatic rings. The monoisotopic (exact) mass is 204 g/mol. The molecule has 1 aliphatic carbocycles. The minimum atomic E-state index is 0.481. The molecule has 1 saturated carbocycles. The van der Waals surface area contributed by atoms with Crippen molar-refractivity contribution in [3.05, 3.63) is 18.2 Å². The quantitative estimate of drug-likeness (QED) is 0.809. The highest BCUT2D eigenvalue weighted by Crippen LogP contribution is 2.38. The molecule has 0 amide bonds. The Morgan fingerprint density at radius 1 is 1.53 bits per heavy atom. The third-order valence-corrected chi connectivity index (χ3v) is 2.58. The second kappa shape index (κ2) is 2.85. The average molecular weight is 204 g/mol. The number of oxazole rings is 1. The molecule has 2 aromatic rings. The van der Waals surface area contributed by atoms with E-state index in [-0.39, 0.29) is 0 Å². The molecule has 2 aromatic heterocycles. The van der Waals surface area contributed by atoms with Gasteiger partial charge < -0.3 is 10.2 Å². The highest BCUT2D eigenvalue weighted by molar-refractivity contribution is 5.66. The zero-order valence-electron chi connectivity index (χ0n) is 8.47. The number of anilines is 1. The first kappa shape index (κ1) is 8.52. The van der Waals surface area contributed by atoms with Crippen molar-refractivity contribution in [2.24, 2.45) is 0 Å². The Morgan fingerprint density at radius 2 is 2.33 bits per heavy atom. The van der Waals surface area contributed by atoms with Gasteiger partial charge in [0.05, 0.1) is 23.5 Å². The van der Waals surface area contributed by atoms with Gasteiger partial charge >= 0.3 is 0 Å². The molecule has 5 nitrogen and oxygen atoms in total. The largest absolute Gasteiger partial charge is 0.444 e. The maximum atomic E-state index is 5.99. The molecule has 2 N–H and O–H groups in total. The summed E-state index contributed by atoms with van der Waals surface area (Å²) in [5.74, 6) is 1.20. The first-order valence-electron chi connectivity index (χ1n) is 5.01. The molecule has 0 radical (unpaired) electrons. The summed E-state index contributed by atoms with van der Waals surface area (Å²) in [6.45, 7) is 1.88. The fraction of sp³-hybridized carbons (Fsp3) is 0.400. The molecule has 0 atom stereocenters. The molecule has 0 bridgehead atoms. The van der Waals surface area contributed by atoms with E-state index in [0.29, 0.717) is 17.8 Å². The number of nitrogens with two attached hydrogens (primary N) is 1. The highest BCUT2D eigenvalue weighted by atomic mass is 16.3. The second-order valence-corrected chi connectivity index (χ2v) is 3.91. The Kier molecular flexibility index (Phi) is 1.62. The van der Waals surface area contributed by atoms with Crippen molar-refractivity contribution >= 4 is 5.82 Å². The number of hydrogen-bond acceptors (Lipinski definition) is 4. The van der Waals surface area contributed by atoms with E-state index >= 15 is 0 Å². The van der Waals surface area contributed by atoms with Gasteiger partial charge in [-0.25, -0.2) is 9.67 Å². The predicted molar refractivity (Wildman–Crippen MR) is 55.1 cm³/mol. The van der Waals surface area contributed by atoms with Crippen molar-refractivity contribution in [1.29, 1.82) is 0 Å². The molecule has 0 aliphatic heterocycles. The fourth-order valence-electron chi connectivity index (χ4n) is 1.62. The second-order valence-electron chi connectivity index (χ2n) is 3.91. The summed E-state index contributed by atoms with van der Waals surface area (Å²) in [6, 6.07) is 0.481. The van der Waals surface area contributed by atoms with Gasteiger partial charge in [0.15, 0.2) is 0 Å². The molecule has 5 heteroatoms. The van der Waals surface area contributed by atoms with E-state index < -0.39 is 0 Å². The minimum Gasteiger partial charge on any atom is -0.444 e. The van der Waals surface area contributed by atoms with Crippen LogP contribution < -0.4 is 5.73 Å². The van der Waals surface area contributed by atoms with Crippen molar-refractivity contribution in [1.82, 2.24) is 14.8 Å². The van der Waals surface area contributed by atoms with Crippen molar-refractivity contribution in [3.63, 3.8) is 0 Å². The van der Waals surface area contributed by atoms with Gasteiger partial charge in [-0.15, -0.1) is 0 Å². The third kappa shape index (κ3) is 1.31. The van der Waals surface area contributed by atoms with Crippen molar-refractivity contribution in [3.8, 4) is 11.5 Å². The normalized spacial score (nSPS) is 15.8. The summed E-state index contributed by atoms with van der Waals surface area (Å²) in [7, 11) is 0. The van der Waals surface area contributed by atoms with Gasteiger partial charge in [-0.2, -0.15) is 5.10 Å². The number of rotatable bonds is 2. The maximum absolute atomic E-state index is 5.99. The fourth-order valence-corrected chi connectivity index (χ4v) is 1.62. The van der Waals surface area contributed by atoms with Gasteiger partial charge in [-0.1, -0.05) is 0 Å². The van der Waals surface area contributed by atoms with E-state index in [1.54, 1.807) is 12.5 Å². The van der Waals surface area contributed by atoms with Crippen LogP contribution in [0.15, 0.2) is 16.9 Å². The molecule has 78 valence electrons. The van der Waals surface area contributed by atoms with E-state index in [4.69, 9.17) is 10.2 Å². The summed E-state index contributed by atoms with van der Waals surface area (Å²) in [6.07, 6.45) is 5.66. The zero-order chi connectivity index (χ0) is 10.4. The number of hydrogen-bond donors (Lipinski definition) is 1. The molecule has 0 spiro atoms. The van der Waals surface area contributed by atoms with E-state index in [9.17, 15) is 0 Å². The van der Waals surface area contributed by atoms with Gasteiger partial charge in [0, 0.05) is 0 Å². The van der Waals surface area contributed by atoms with E-state index in [1.807, 2.05) is 11.6 Å². The smallest absolute Gasteiger partial charge is 0.231 e. The Morgan fingerprint density at radius 3 is 2.93 bits per heavy atom. The molecular weight excluding hydrogens is 192 g/mol. The maximum Gasteiger partial charge on any atom is 0.231 e. The van der Waals surface area contributed by atoms with Crippen LogP contribution in [0.1, 0.15) is 24.6 Å². The summed E-state index contributed by atoms with van der Waals surface area (Å²) >= 11 is 0. The van der Waals surface area contributed by atoms with Crippen LogP contribution >= 0.6 is 0 Å². The van der Waals surface area contributed by atoms with Gasteiger partial charge in [0.25, 0.3) is 0 Å². The zero-order valence-corrected chi connectivity index (χ0v) is 8.47. The Hall–Kier alpha value is -1.78. The SMILES string of the molecule is Cc1coc(-c2cnn(C3CC3)c2N)n1. The van der Waals surface area contributed by atoms with Gasteiger partial charge in [0.2, 0.25) is 5.89 Å². The third-order valence-electron chi connectivity index (χ3n) is 2.58. The van der Waals surface area contributed by atoms with Crippen LogP contribution in [-0.4, -0.2) is 14.8 Å². The van der Waals surface area contributed by atoms with Crippen LogP contribution in [-0.2, 0) is 0 Å². The Labute approximate surface area is 86.9 Å². The van der Waals surface area contributed by atoms with Crippen LogP contribution in [0.3, 0.4) is 0 Å².